The molecule has 1 aromatic heterocycles. The lowest BCUT2D eigenvalue weighted by molar-refractivity contribution is 0.112. The average Bonchev–Trinajstić information content (AvgIpc) is 2.30. The fourth-order valence-electron chi connectivity index (χ4n) is 1.41. The van der Waals surface area contributed by atoms with E-state index in [-0.39, 0.29) is 5.82 Å². The maximum absolute atomic E-state index is 13.0. The molecule has 74 valence electrons. The molecular formula is C12H8FNO. The second-order valence-electron chi connectivity index (χ2n) is 3.09. The van der Waals surface area contributed by atoms with Gasteiger partial charge in [-0.15, -0.1) is 0 Å². The molecule has 15 heavy (non-hydrogen) atoms. The highest BCUT2D eigenvalue weighted by molar-refractivity contribution is 5.87. The highest BCUT2D eigenvalue weighted by Gasteiger charge is 2.05. The minimum absolute atomic E-state index is 0.354. The van der Waals surface area contributed by atoms with E-state index in [0.717, 1.165) is 11.8 Å². The average molecular weight is 201 g/mol. The number of benzene rings is 1. The minimum Gasteiger partial charge on any atom is -0.298 e. The number of rotatable bonds is 2. The normalized spacial score (nSPS) is 9.93. The molecule has 0 spiro atoms. The molecule has 0 fully saturated rings. The van der Waals surface area contributed by atoms with Gasteiger partial charge in [0.25, 0.3) is 0 Å². The number of aromatic nitrogens is 1. The fourth-order valence-corrected chi connectivity index (χ4v) is 1.41. The van der Waals surface area contributed by atoms with E-state index in [4.69, 9.17) is 0 Å². The van der Waals surface area contributed by atoms with Crippen LogP contribution in [0.2, 0.25) is 0 Å². The largest absolute Gasteiger partial charge is 0.298 e. The smallest absolute Gasteiger partial charge is 0.150 e. The van der Waals surface area contributed by atoms with Crippen LogP contribution in [0.5, 0.6) is 0 Å². The molecule has 0 aliphatic rings. The molecule has 2 rings (SSSR count). The van der Waals surface area contributed by atoms with Crippen LogP contribution in [0.1, 0.15) is 10.4 Å². The van der Waals surface area contributed by atoms with E-state index in [1.807, 2.05) is 0 Å². The van der Waals surface area contributed by atoms with Crippen molar-refractivity contribution in [2.75, 3.05) is 0 Å². The van der Waals surface area contributed by atoms with Crippen molar-refractivity contribution in [2.45, 2.75) is 0 Å². The molecule has 0 aliphatic carbocycles. The van der Waals surface area contributed by atoms with Crippen LogP contribution >= 0.6 is 0 Å². The zero-order chi connectivity index (χ0) is 10.7. The molecule has 0 bridgehead atoms. The number of aldehydes is 1. The first-order valence-electron chi connectivity index (χ1n) is 4.46. The fraction of sp³-hybridized carbons (Fsp3) is 0. The van der Waals surface area contributed by atoms with Gasteiger partial charge in [0.15, 0.2) is 6.29 Å². The monoisotopic (exact) mass is 201 g/mol. The van der Waals surface area contributed by atoms with Gasteiger partial charge < -0.3 is 0 Å². The van der Waals surface area contributed by atoms with Crippen LogP contribution in [0.25, 0.3) is 11.1 Å². The number of pyridine rings is 1. The number of hydrogen-bond donors (Lipinski definition) is 0. The molecule has 0 saturated heterocycles. The van der Waals surface area contributed by atoms with Gasteiger partial charge in [-0.2, -0.15) is 0 Å². The van der Waals surface area contributed by atoms with Gasteiger partial charge in [-0.1, -0.05) is 0 Å². The maximum atomic E-state index is 13.0. The lowest BCUT2D eigenvalue weighted by Crippen LogP contribution is -1.89. The van der Waals surface area contributed by atoms with Crippen molar-refractivity contribution in [2.24, 2.45) is 0 Å². The maximum Gasteiger partial charge on any atom is 0.150 e. The summed E-state index contributed by atoms with van der Waals surface area (Å²) in [6.07, 6.45) is 3.93. The van der Waals surface area contributed by atoms with Crippen molar-refractivity contribution in [3.63, 3.8) is 0 Å². The summed E-state index contributed by atoms with van der Waals surface area (Å²) in [5.41, 5.74) is 1.85. The van der Waals surface area contributed by atoms with Gasteiger partial charge >= 0.3 is 0 Å². The topological polar surface area (TPSA) is 30.0 Å². The number of nitrogens with zero attached hydrogens (tertiary/aromatic N) is 1. The first kappa shape index (κ1) is 9.52. The van der Waals surface area contributed by atoms with Crippen molar-refractivity contribution < 1.29 is 9.18 Å². The molecular weight excluding hydrogens is 193 g/mol. The molecule has 0 saturated carbocycles. The van der Waals surface area contributed by atoms with Crippen LogP contribution < -0.4 is 0 Å². The van der Waals surface area contributed by atoms with Crippen molar-refractivity contribution in [3.8, 4) is 11.1 Å². The molecule has 0 unspecified atom stereocenters. The first-order chi connectivity index (χ1) is 7.31. The molecule has 1 aromatic carbocycles. The van der Waals surface area contributed by atoms with Crippen LogP contribution in [0.3, 0.4) is 0 Å². The summed E-state index contributed by atoms with van der Waals surface area (Å²) in [6.45, 7) is 0. The van der Waals surface area contributed by atoms with Crippen LogP contribution in [0.15, 0.2) is 42.7 Å². The van der Waals surface area contributed by atoms with Crippen LogP contribution in [-0.2, 0) is 0 Å². The van der Waals surface area contributed by atoms with Gasteiger partial charge in [0.1, 0.15) is 5.82 Å². The SMILES string of the molecule is O=Cc1ccc(F)cc1-c1ccncc1. The predicted octanol–water partition coefficient (Wildman–Crippen LogP) is 2.70. The summed E-state index contributed by atoms with van der Waals surface area (Å²) < 4.78 is 13.0. The summed E-state index contributed by atoms with van der Waals surface area (Å²) in [6, 6.07) is 7.56. The molecule has 0 radical (unpaired) electrons. The van der Waals surface area contributed by atoms with Gasteiger partial charge in [-0.25, -0.2) is 4.39 Å². The molecule has 2 nitrogen and oxygen atoms in total. The third kappa shape index (κ3) is 1.91. The number of carbonyl (C=O) groups is 1. The number of halogens is 1. The van der Waals surface area contributed by atoms with E-state index < -0.39 is 0 Å². The van der Waals surface area contributed by atoms with E-state index >= 15 is 0 Å². The number of carbonyl (C=O) groups excluding carboxylic acids is 1. The van der Waals surface area contributed by atoms with E-state index in [1.165, 1.54) is 18.2 Å². The zero-order valence-corrected chi connectivity index (χ0v) is 7.85. The standard InChI is InChI=1S/C12H8FNO/c13-11-2-1-10(8-15)12(7-11)9-3-5-14-6-4-9/h1-8H. The summed E-state index contributed by atoms with van der Waals surface area (Å²) in [4.78, 5) is 14.6. The Labute approximate surface area is 86.4 Å². The van der Waals surface area contributed by atoms with E-state index in [2.05, 4.69) is 4.98 Å². The molecule has 2 aromatic rings. The highest BCUT2D eigenvalue weighted by atomic mass is 19.1. The van der Waals surface area contributed by atoms with Gasteiger partial charge in [-0.05, 0) is 41.5 Å². The molecule has 3 heteroatoms. The van der Waals surface area contributed by atoms with Crippen molar-refractivity contribution in [1.29, 1.82) is 0 Å². The molecule has 0 amide bonds. The molecule has 1 heterocycles. The predicted molar refractivity (Wildman–Crippen MR) is 55.0 cm³/mol. The molecule has 0 atom stereocenters. The Balaban J connectivity index is 2.61. The molecule has 0 aliphatic heterocycles. The lowest BCUT2D eigenvalue weighted by atomic mass is 10.0. The Morgan fingerprint density at radius 1 is 1.13 bits per heavy atom. The van der Waals surface area contributed by atoms with Crippen LogP contribution in [-0.4, -0.2) is 11.3 Å². The summed E-state index contributed by atoms with van der Waals surface area (Å²) >= 11 is 0. The number of hydrogen-bond acceptors (Lipinski definition) is 2. The lowest BCUT2D eigenvalue weighted by Gasteiger charge is -2.04. The van der Waals surface area contributed by atoms with Crippen LogP contribution in [0.4, 0.5) is 4.39 Å². The Morgan fingerprint density at radius 3 is 2.53 bits per heavy atom. The first-order valence-corrected chi connectivity index (χ1v) is 4.46. The summed E-state index contributed by atoms with van der Waals surface area (Å²) in [5, 5.41) is 0. The van der Waals surface area contributed by atoms with Crippen molar-refractivity contribution in [3.05, 3.63) is 54.1 Å². The Bertz CT molecular complexity index is 482. The van der Waals surface area contributed by atoms with Crippen molar-refractivity contribution in [1.82, 2.24) is 4.98 Å². The van der Waals surface area contributed by atoms with E-state index in [9.17, 15) is 9.18 Å². The van der Waals surface area contributed by atoms with Crippen LogP contribution in [0, 0.1) is 5.82 Å². The third-order valence-corrected chi connectivity index (χ3v) is 2.13. The van der Waals surface area contributed by atoms with E-state index in [0.29, 0.717) is 11.1 Å². The highest BCUT2D eigenvalue weighted by Crippen LogP contribution is 2.22. The Hall–Kier alpha value is -2.03. The van der Waals surface area contributed by atoms with Gasteiger partial charge in [0, 0.05) is 18.0 Å². The second kappa shape index (κ2) is 4.00. The quantitative estimate of drug-likeness (QED) is 0.699. The van der Waals surface area contributed by atoms with Gasteiger partial charge in [-0.3, -0.25) is 9.78 Å². The van der Waals surface area contributed by atoms with E-state index in [1.54, 1.807) is 24.5 Å². The summed E-state index contributed by atoms with van der Waals surface area (Å²) in [5.74, 6) is -0.354. The summed E-state index contributed by atoms with van der Waals surface area (Å²) in [7, 11) is 0. The zero-order valence-electron chi connectivity index (χ0n) is 7.85. The van der Waals surface area contributed by atoms with Gasteiger partial charge in [0.2, 0.25) is 0 Å². The Kier molecular flexibility index (Phi) is 2.54. The van der Waals surface area contributed by atoms with Crippen molar-refractivity contribution >= 4 is 6.29 Å². The molecule has 0 N–H and O–H groups in total. The minimum atomic E-state index is -0.354. The Morgan fingerprint density at radius 2 is 1.87 bits per heavy atom. The second-order valence-corrected chi connectivity index (χ2v) is 3.09. The van der Waals surface area contributed by atoms with Gasteiger partial charge in [0.05, 0.1) is 0 Å². The third-order valence-electron chi connectivity index (χ3n) is 2.13.